The molecule has 2 aromatic carbocycles. The number of nitrogens with two attached hydrogens (primary N) is 1. The molecule has 0 bridgehead atoms. The zero-order valence-corrected chi connectivity index (χ0v) is 21.7. The fourth-order valence-electron chi connectivity index (χ4n) is 4.87. The predicted octanol–water partition coefficient (Wildman–Crippen LogP) is 5.72. The molecule has 1 aliphatic carbocycles. The molecule has 190 valence electrons. The molecule has 1 fully saturated rings. The van der Waals surface area contributed by atoms with Crippen LogP contribution in [0.4, 0.5) is 10.5 Å². The molecule has 0 atom stereocenters. The standard InChI is InChI=1S/C28H33ClN4O3/c1-27(2,3)36-26(35)31-18-28(20-10-7-11-21(29)16-20)14-12-22(13-15-28)33-25(34)23(30)17-24(32-33)19-8-5-4-6-9-19/h4-11,16-17,22H,12-15,18,30H2,1-3H3,(H,31,35). The highest BCUT2D eigenvalue weighted by atomic mass is 35.5. The Morgan fingerprint density at radius 1 is 1.14 bits per heavy atom. The van der Waals surface area contributed by atoms with Crippen LogP contribution in [0.2, 0.25) is 5.02 Å². The maximum absolute atomic E-state index is 13.0. The number of nitrogens with zero attached hydrogens (tertiary/aromatic N) is 2. The maximum Gasteiger partial charge on any atom is 0.407 e. The first-order chi connectivity index (χ1) is 17.1. The summed E-state index contributed by atoms with van der Waals surface area (Å²) < 4.78 is 7.01. The number of halogens is 1. The number of nitrogens with one attached hydrogen (secondary N) is 1. The van der Waals surface area contributed by atoms with Gasteiger partial charge in [0, 0.05) is 22.5 Å². The molecule has 0 spiro atoms. The van der Waals surface area contributed by atoms with Crippen molar-refractivity contribution in [2.75, 3.05) is 12.3 Å². The molecular weight excluding hydrogens is 476 g/mol. The van der Waals surface area contributed by atoms with E-state index < -0.39 is 11.7 Å². The third kappa shape index (κ3) is 5.90. The highest BCUT2D eigenvalue weighted by Crippen LogP contribution is 2.43. The molecule has 1 heterocycles. The summed E-state index contributed by atoms with van der Waals surface area (Å²) in [6, 6.07) is 19.0. The Balaban J connectivity index is 1.59. The average Bonchev–Trinajstić information content (AvgIpc) is 2.84. The molecule has 8 heteroatoms. The second kappa shape index (κ2) is 10.3. The van der Waals surface area contributed by atoms with Crippen LogP contribution in [-0.4, -0.2) is 28.0 Å². The molecule has 0 saturated heterocycles. The Hall–Kier alpha value is -3.32. The molecule has 0 unspecified atom stereocenters. The Morgan fingerprint density at radius 2 is 1.83 bits per heavy atom. The van der Waals surface area contributed by atoms with E-state index in [9.17, 15) is 9.59 Å². The molecule has 0 aliphatic heterocycles. The summed E-state index contributed by atoms with van der Waals surface area (Å²) in [6.07, 6.45) is 2.42. The first-order valence-corrected chi connectivity index (χ1v) is 12.6. The number of alkyl carbamates (subject to hydrolysis) is 1. The monoisotopic (exact) mass is 508 g/mol. The van der Waals surface area contributed by atoms with Gasteiger partial charge in [-0.2, -0.15) is 5.10 Å². The van der Waals surface area contributed by atoms with Gasteiger partial charge in [0.25, 0.3) is 5.56 Å². The van der Waals surface area contributed by atoms with Crippen LogP contribution >= 0.6 is 11.6 Å². The van der Waals surface area contributed by atoms with Gasteiger partial charge >= 0.3 is 6.09 Å². The van der Waals surface area contributed by atoms with E-state index in [1.807, 2.05) is 75.4 Å². The summed E-state index contributed by atoms with van der Waals surface area (Å²) in [5.41, 5.74) is 7.73. The topological polar surface area (TPSA) is 99.2 Å². The van der Waals surface area contributed by atoms with Gasteiger partial charge in [-0.3, -0.25) is 4.79 Å². The third-order valence-corrected chi connectivity index (χ3v) is 6.93. The Labute approximate surface area is 216 Å². The first kappa shape index (κ1) is 25.8. The lowest BCUT2D eigenvalue weighted by molar-refractivity contribution is 0.0504. The van der Waals surface area contributed by atoms with Gasteiger partial charge in [0.1, 0.15) is 11.3 Å². The maximum atomic E-state index is 13.0. The van der Waals surface area contributed by atoms with Crippen molar-refractivity contribution < 1.29 is 9.53 Å². The Bertz CT molecular complexity index is 1280. The van der Waals surface area contributed by atoms with Crippen LogP contribution < -0.4 is 16.6 Å². The minimum atomic E-state index is -0.582. The van der Waals surface area contributed by atoms with Gasteiger partial charge in [0.15, 0.2) is 0 Å². The first-order valence-electron chi connectivity index (χ1n) is 12.2. The van der Waals surface area contributed by atoms with Crippen molar-refractivity contribution >= 4 is 23.4 Å². The van der Waals surface area contributed by atoms with Gasteiger partial charge in [-0.05, 0) is 70.2 Å². The van der Waals surface area contributed by atoms with E-state index >= 15 is 0 Å². The molecule has 7 nitrogen and oxygen atoms in total. The van der Waals surface area contributed by atoms with Crippen molar-refractivity contribution in [1.29, 1.82) is 0 Å². The van der Waals surface area contributed by atoms with E-state index in [0.29, 0.717) is 30.1 Å². The van der Waals surface area contributed by atoms with Gasteiger partial charge in [-0.1, -0.05) is 54.1 Å². The molecule has 3 aromatic rings. The molecule has 1 amide bonds. The molecular formula is C28H33ClN4O3. The minimum absolute atomic E-state index is 0.0997. The van der Waals surface area contributed by atoms with E-state index in [0.717, 1.165) is 24.0 Å². The number of benzene rings is 2. The highest BCUT2D eigenvalue weighted by molar-refractivity contribution is 6.30. The van der Waals surface area contributed by atoms with Gasteiger partial charge in [0.05, 0.1) is 11.7 Å². The number of carbonyl (C=O) groups is 1. The molecule has 1 saturated carbocycles. The number of ether oxygens (including phenoxy) is 1. The van der Waals surface area contributed by atoms with E-state index in [4.69, 9.17) is 22.1 Å². The van der Waals surface area contributed by atoms with Gasteiger partial charge in [-0.25, -0.2) is 9.48 Å². The van der Waals surface area contributed by atoms with E-state index in [1.165, 1.54) is 0 Å². The van der Waals surface area contributed by atoms with Crippen molar-refractivity contribution in [3.8, 4) is 11.3 Å². The Kier molecular flexibility index (Phi) is 7.41. The second-order valence-electron chi connectivity index (χ2n) is 10.5. The number of anilines is 1. The zero-order chi connectivity index (χ0) is 25.9. The number of carbonyl (C=O) groups excluding carboxylic acids is 1. The molecule has 3 N–H and O–H groups in total. The van der Waals surface area contributed by atoms with Crippen LogP contribution in [0, 0.1) is 0 Å². The summed E-state index contributed by atoms with van der Waals surface area (Å²) >= 11 is 6.33. The lowest BCUT2D eigenvalue weighted by Crippen LogP contribution is -2.45. The highest BCUT2D eigenvalue weighted by Gasteiger charge is 2.39. The van der Waals surface area contributed by atoms with Crippen LogP contribution in [0.25, 0.3) is 11.3 Å². The van der Waals surface area contributed by atoms with Crippen molar-refractivity contribution in [3.05, 3.63) is 81.6 Å². The predicted molar refractivity (Wildman–Crippen MR) is 143 cm³/mol. The lowest BCUT2D eigenvalue weighted by Gasteiger charge is -2.41. The average molecular weight is 509 g/mol. The largest absolute Gasteiger partial charge is 0.444 e. The van der Waals surface area contributed by atoms with Crippen LogP contribution in [0.1, 0.15) is 58.1 Å². The summed E-state index contributed by atoms with van der Waals surface area (Å²) in [5, 5.41) is 8.30. The van der Waals surface area contributed by atoms with Crippen molar-refractivity contribution in [2.45, 2.75) is 63.5 Å². The van der Waals surface area contributed by atoms with Gasteiger partial charge in [-0.15, -0.1) is 0 Å². The van der Waals surface area contributed by atoms with Crippen LogP contribution in [0.15, 0.2) is 65.5 Å². The molecule has 1 aliphatic rings. The smallest absolute Gasteiger partial charge is 0.407 e. The van der Waals surface area contributed by atoms with E-state index in [1.54, 1.807) is 10.7 Å². The van der Waals surface area contributed by atoms with Gasteiger partial charge < -0.3 is 15.8 Å². The lowest BCUT2D eigenvalue weighted by atomic mass is 9.68. The second-order valence-corrected chi connectivity index (χ2v) is 10.9. The van der Waals surface area contributed by atoms with Crippen molar-refractivity contribution in [2.24, 2.45) is 0 Å². The zero-order valence-electron chi connectivity index (χ0n) is 21.0. The fourth-order valence-corrected chi connectivity index (χ4v) is 5.06. The summed E-state index contributed by atoms with van der Waals surface area (Å²) in [6.45, 7) is 5.92. The SMILES string of the molecule is CC(C)(C)OC(=O)NCC1(c2cccc(Cl)c2)CCC(n2nc(-c3ccccc3)cc(N)c2=O)CC1. The molecule has 36 heavy (non-hydrogen) atoms. The van der Waals surface area contributed by atoms with E-state index in [2.05, 4.69) is 10.4 Å². The quantitative estimate of drug-likeness (QED) is 0.459. The molecule has 4 rings (SSSR count). The normalized spacial score (nSPS) is 20.1. The summed E-state index contributed by atoms with van der Waals surface area (Å²) in [5.74, 6) is 0. The van der Waals surface area contributed by atoms with Crippen LogP contribution in [0.3, 0.4) is 0 Å². The third-order valence-electron chi connectivity index (χ3n) is 6.70. The molecule has 0 radical (unpaired) electrons. The summed E-state index contributed by atoms with van der Waals surface area (Å²) in [7, 11) is 0. The number of hydrogen-bond acceptors (Lipinski definition) is 5. The number of amides is 1. The van der Waals surface area contributed by atoms with Crippen LogP contribution in [-0.2, 0) is 10.2 Å². The van der Waals surface area contributed by atoms with Crippen molar-refractivity contribution in [3.63, 3.8) is 0 Å². The van der Waals surface area contributed by atoms with Crippen molar-refractivity contribution in [1.82, 2.24) is 15.1 Å². The number of rotatable bonds is 5. The van der Waals surface area contributed by atoms with E-state index in [-0.39, 0.29) is 22.7 Å². The van der Waals surface area contributed by atoms with Crippen LogP contribution in [0.5, 0.6) is 0 Å². The minimum Gasteiger partial charge on any atom is -0.444 e. The Morgan fingerprint density at radius 3 is 2.47 bits per heavy atom. The summed E-state index contributed by atoms with van der Waals surface area (Å²) in [4.78, 5) is 25.4. The van der Waals surface area contributed by atoms with Gasteiger partial charge in [0.2, 0.25) is 0 Å². The number of nitrogen functional groups attached to an aromatic ring is 1. The number of hydrogen-bond donors (Lipinski definition) is 2. The number of aromatic nitrogens is 2. The fraction of sp³-hybridized carbons (Fsp3) is 0.393. The molecule has 1 aromatic heterocycles.